The highest BCUT2D eigenvalue weighted by molar-refractivity contribution is 5.94. The van der Waals surface area contributed by atoms with Gasteiger partial charge in [0.25, 0.3) is 11.5 Å². The lowest BCUT2D eigenvalue weighted by molar-refractivity contribution is -0.207. The Labute approximate surface area is 261 Å². The van der Waals surface area contributed by atoms with Crippen molar-refractivity contribution in [2.45, 2.75) is 76.5 Å². The van der Waals surface area contributed by atoms with Crippen LogP contribution in [0.25, 0.3) is 27.8 Å². The molecule has 2 aliphatic carbocycles. The molecule has 234 valence electrons. The van der Waals surface area contributed by atoms with Gasteiger partial charge in [0.1, 0.15) is 11.4 Å². The summed E-state index contributed by atoms with van der Waals surface area (Å²) in [4.78, 5) is 47.4. The van der Waals surface area contributed by atoms with Gasteiger partial charge in [-0.3, -0.25) is 24.1 Å². The molecule has 2 aromatic carbocycles. The average Bonchev–Trinajstić information content (AvgIpc) is 3.89. The second-order valence-electron chi connectivity index (χ2n) is 12.7. The Morgan fingerprint density at radius 3 is 2.24 bits per heavy atom. The van der Waals surface area contributed by atoms with E-state index < -0.39 is 17.1 Å². The summed E-state index contributed by atoms with van der Waals surface area (Å²) in [6, 6.07) is 16.9. The number of amides is 1. The maximum absolute atomic E-state index is 14.5. The summed E-state index contributed by atoms with van der Waals surface area (Å²) >= 11 is 0. The van der Waals surface area contributed by atoms with Gasteiger partial charge in [-0.1, -0.05) is 50.2 Å². The SMILES string of the molecule is CCN(CC)Cc1ccc(-c2cccc(-n3c(=O)n([C@H]4CC[C@@H](N5C(=O)C6(CC6)N5C)CC4)c(=O)c4cc(F)cnc43)c2)cc1. The zero-order valence-electron chi connectivity index (χ0n) is 26.1. The topological polar surface area (TPSA) is 83.7 Å². The molecule has 1 aliphatic heterocycles. The van der Waals surface area contributed by atoms with Gasteiger partial charge >= 0.3 is 5.69 Å². The normalized spacial score (nSPS) is 21.1. The fourth-order valence-corrected chi connectivity index (χ4v) is 7.35. The Balaban J connectivity index is 1.22. The lowest BCUT2D eigenvalue weighted by atomic mass is 9.89. The molecule has 0 atom stereocenters. The Morgan fingerprint density at radius 2 is 1.60 bits per heavy atom. The monoisotopic (exact) mass is 610 g/mol. The molecule has 3 heterocycles. The van der Waals surface area contributed by atoms with E-state index in [0.29, 0.717) is 31.4 Å². The van der Waals surface area contributed by atoms with E-state index in [-0.39, 0.29) is 34.6 Å². The quantitative estimate of drug-likeness (QED) is 0.282. The second kappa shape index (κ2) is 11.3. The van der Waals surface area contributed by atoms with Crippen molar-refractivity contribution >= 4 is 16.9 Å². The highest BCUT2D eigenvalue weighted by Gasteiger charge is 2.66. The first-order valence-corrected chi connectivity index (χ1v) is 16.1. The lowest BCUT2D eigenvalue weighted by Gasteiger charge is -2.53. The van der Waals surface area contributed by atoms with E-state index in [1.165, 1.54) is 20.8 Å². The molecular weight excluding hydrogens is 571 g/mol. The lowest BCUT2D eigenvalue weighted by Crippen LogP contribution is -2.72. The minimum absolute atomic E-state index is 0.0533. The molecule has 1 saturated heterocycles. The maximum atomic E-state index is 14.5. The van der Waals surface area contributed by atoms with Crippen molar-refractivity contribution in [1.82, 2.24) is 29.0 Å². The van der Waals surface area contributed by atoms with E-state index in [0.717, 1.165) is 49.8 Å². The van der Waals surface area contributed by atoms with E-state index in [1.807, 2.05) is 36.3 Å². The summed E-state index contributed by atoms with van der Waals surface area (Å²) in [5.41, 5.74) is 2.53. The van der Waals surface area contributed by atoms with E-state index in [2.05, 4.69) is 53.0 Å². The molecule has 1 amide bonds. The van der Waals surface area contributed by atoms with Crippen LogP contribution in [-0.4, -0.2) is 66.7 Å². The van der Waals surface area contributed by atoms with Crippen LogP contribution in [-0.2, 0) is 11.3 Å². The highest BCUT2D eigenvalue weighted by atomic mass is 19.1. The maximum Gasteiger partial charge on any atom is 0.337 e. The standard InChI is InChI=1S/C35H39FN6O3/c1-4-39(5-2)22-23-9-11-24(12-10-23)25-7-6-8-29(19-25)40-31-30(20-26(36)21-37-31)32(43)41(34(40)45)27-13-15-28(16-14-27)42-33(44)35(17-18-35)38(42)3/h6-12,19-21,27-28H,4-5,13-18,22H2,1-3H3/t27-,28+. The van der Waals surface area contributed by atoms with E-state index in [4.69, 9.17) is 0 Å². The Kier molecular flexibility index (Phi) is 7.44. The molecular formula is C35H39FN6O3. The molecule has 7 rings (SSSR count). The zero-order valence-corrected chi connectivity index (χ0v) is 26.1. The molecule has 0 N–H and O–H groups in total. The number of nitrogens with zero attached hydrogens (tertiary/aromatic N) is 6. The molecule has 2 saturated carbocycles. The molecule has 3 aliphatic rings. The average molecular weight is 611 g/mol. The van der Waals surface area contributed by atoms with Gasteiger partial charge in [-0.15, -0.1) is 0 Å². The number of fused-ring (bicyclic) bond motifs is 1. The van der Waals surface area contributed by atoms with Crippen molar-refractivity contribution in [3.8, 4) is 16.8 Å². The van der Waals surface area contributed by atoms with E-state index in [9.17, 15) is 18.8 Å². The van der Waals surface area contributed by atoms with Crippen molar-refractivity contribution in [2.75, 3.05) is 20.1 Å². The van der Waals surface area contributed by atoms with Crippen molar-refractivity contribution in [3.05, 3.63) is 93.0 Å². The number of halogens is 1. The fourth-order valence-electron chi connectivity index (χ4n) is 7.35. The molecule has 3 fully saturated rings. The van der Waals surface area contributed by atoms with Gasteiger partial charge in [-0.2, -0.15) is 0 Å². The predicted octanol–water partition coefficient (Wildman–Crippen LogP) is 4.90. The second-order valence-corrected chi connectivity index (χ2v) is 12.7. The summed E-state index contributed by atoms with van der Waals surface area (Å²) in [5.74, 6) is -0.439. The fraction of sp³-hybridized carbons (Fsp3) is 0.429. The molecule has 0 unspecified atom stereocenters. The third kappa shape index (κ3) is 4.91. The van der Waals surface area contributed by atoms with Crippen LogP contribution in [0, 0.1) is 5.82 Å². The number of hydrogen-bond acceptors (Lipinski definition) is 6. The number of carbonyl (C=O) groups is 1. The van der Waals surface area contributed by atoms with Gasteiger partial charge in [-0.25, -0.2) is 23.7 Å². The largest absolute Gasteiger partial charge is 0.337 e. The molecule has 10 heteroatoms. The number of carbonyl (C=O) groups excluding carboxylic acids is 1. The van der Waals surface area contributed by atoms with Crippen molar-refractivity contribution in [2.24, 2.45) is 0 Å². The number of hydrogen-bond donors (Lipinski definition) is 0. The van der Waals surface area contributed by atoms with Crippen molar-refractivity contribution in [1.29, 1.82) is 0 Å². The van der Waals surface area contributed by atoms with Crippen LogP contribution in [0.5, 0.6) is 0 Å². The zero-order chi connectivity index (χ0) is 31.5. The van der Waals surface area contributed by atoms with Gasteiger partial charge in [0.05, 0.1) is 17.3 Å². The predicted molar refractivity (Wildman–Crippen MR) is 171 cm³/mol. The molecule has 0 bridgehead atoms. The summed E-state index contributed by atoms with van der Waals surface area (Å²) < 4.78 is 17.2. The van der Waals surface area contributed by atoms with Crippen LogP contribution in [0.1, 0.15) is 64.0 Å². The van der Waals surface area contributed by atoms with Crippen molar-refractivity contribution < 1.29 is 9.18 Å². The van der Waals surface area contributed by atoms with Gasteiger partial charge in [0.15, 0.2) is 5.65 Å². The number of benzene rings is 2. The van der Waals surface area contributed by atoms with Crippen LogP contribution in [0.2, 0.25) is 0 Å². The molecule has 1 spiro atoms. The van der Waals surface area contributed by atoms with Gasteiger partial charge in [0, 0.05) is 25.7 Å². The first kappa shape index (κ1) is 29.6. The summed E-state index contributed by atoms with van der Waals surface area (Å²) in [6.45, 7) is 7.17. The first-order chi connectivity index (χ1) is 21.8. The number of aromatic nitrogens is 3. The number of rotatable bonds is 8. The minimum atomic E-state index is -0.632. The summed E-state index contributed by atoms with van der Waals surface area (Å²) in [6.07, 6.45) is 5.36. The van der Waals surface area contributed by atoms with Crippen LogP contribution < -0.4 is 11.2 Å². The molecule has 0 radical (unpaired) electrons. The van der Waals surface area contributed by atoms with Crippen LogP contribution >= 0.6 is 0 Å². The van der Waals surface area contributed by atoms with Crippen LogP contribution in [0.4, 0.5) is 4.39 Å². The third-order valence-corrected chi connectivity index (χ3v) is 10.2. The highest BCUT2D eigenvalue weighted by Crippen LogP contribution is 2.52. The van der Waals surface area contributed by atoms with Gasteiger partial charge in [-0.05, 0) is 86.5 Å². The smallest absolute Gasteiger partial charge is 0.300 e. The number of pyridine rings is 1. The van der Waals surface area contributed by atoms with E-state index in [1.54, 1.807) is 0 Å². The third-order valence-electron chi connectivity index (χ3n) is 10.2. The van der Waals surface area contributed by atoms with Crippen LogP contribution in [0.15, 0.2) is 70.4 Å². The van der Waals surface area contributed by atoms with Gasteiger partial charge in [0.2, 0.25) is 0 Å². The Morgan fingerprint density at radius 1 is 0.911 bits per heavy atom. The Bertz CT molecular complexity index is 1880. The summed E-state index contributed by atoms with van der Waals surface area (Å²) in [7, 11) is 1.98. The van der Waals surface area contributed by atoms with Crippen LogP contribution in [0.3, 0.4) is 0 Å². The first-order valence-electron chi connectivity index (χ1n) is 16.1. The number of likely N-dealkylation sites (N-methyl/N-ethyl adjacent to an activating group) is 1. The summed E-state index contributed by atoms with van der Waals surface area (Å²) in [5, 5.41) is 4.01. The molecule has 45 heavy (non-hydrogen) atoms. The van der Waals surface area contributed by atoms with E-state index >= 15 is 0 Å². The molecule has 4 aromatic rings. The number of hydrazine groups is 1. The van der Waals surface area contributed by atoms with Crippen molar-refractivity contribution in [3.63, 3.8) is 0 Å². The minimum Gasteiger partial charge on any atom is -0.300 e. The molecule has 9 nitrogen and oxygen atoms in total. The molecule has 2 aromatic heterocycles. The Hall–Kier alpha value is -4.15. The van der Waals surface area contributed by atoms with Gasteiger partial charge < -0.3 is 0 Å².